The van der Waals surface area contributed by atoms with Crippen LogP contribution in [0.1, 0.15) is 52.9 Å². The van der Waals surface area contributed by atoms with Crippen LogP contribution < -0.4 is 11.1 Å². The van der Waals surface area contributed by atoms with Gasteiger partial charge in [-0.3, -0.25) is 9.59 Å². The van der Waals surface area contributed by atoms with Crippen LogP contribution in [0.4, 0.5) is 31.1 Å². The fraction of sp³-hybridized carbons (Fsp3) is 0.324. The molecular weight excluding hydrogens is 962 g/mol. The molecule has 2 fully saturated rings. The molecule has 2 aliphatic rings. The number of aromatic nitrogens is 4. The monoisotopic (exact) mass is 992 g/mol. The number of nitrogens with one attached hydrogen (secondary N) is 1. The molecule has 8 heterocycles. The lowest BCUT2D eigenvalue weighted by molar-refractivity contribution is -0.137. The average Bonchev–Trinajstić information content (AvgIpc) is 3.91. The lowest BCUT2D eigenvalue weighted by Crippen LogP contribution is -2.61. The minimum absolute atomic E-state index is 0. The smallest absolute Gasteiger partial charge is 0.420 e. The minimum atomic E-state index is -4.68. The Kier molecular flexibility index (Phi) is 12.2. The van der Waals surface area contributed by atoms with Crippen LogP contribution in [-0.4, -0.2) is 90.3 Å². The highest BCUT2D eigenvalue weighted by molar-refractivity contribution is 9.10. The van der Waals surface area contributed by atoms with E-state index in [1.54, 1.807) is 32.9 Å². The van der Waals surface area contributed by atoms with Crippen molar-refractivity contribution in [1.29, 1.82) is 0 Å². The number of fused-ring (bicyclic) bond motifs is 2. The van der Waals surface area contributed by atoms with Gasteiger partial charge in [0, 0.05) is 79.3 Å². The second-order valence-corrected chi connectivity index (χ2v) is 16.4. The zero-order chi connectivity index (χ0) is 42.8. The summed E-state index contributed by atoms with van der Waals surface area (Å²) in [5.41, 5.74) is 3.70. The van der Waals surface area contributed by atoms with E-state index in [4.69, 9.17) is 19.3 Å². The van der Waals surface area contributed by atoms with Crippen molar-refractivity contribution >= 4 is 73.5 Å². The first-order chi connectivity index (χ1) is 27.5. The average molecular weight is 995 g/mol. The van der Waals surface area contributed by atoms with Gasteiger partial charge < -0.3 is 43.2 Å². The standard InChI is InChI=1S/C21H20BrF3N4O4.C16H12BrF3N4O2.ClH/c1-20(2,3)33-19(31)26-13-7-29(8-13)18(30)15-9-28-6-11(12-5-16(22)32-10-12)4-14(17(28)27-15)21(23,24)25;17-13-2-9(7-26-13)8-1-11(16(18,19)20)14-22-12(6-23(14)3-8)15(25)24-4-10(21)5-24;/h4-6,9-10,13H,7-8H2,1-3H3,(H,26,31);1-3,6-7,10H,4-5,21H2;1H. The molecule has 3 N–H and O–H groups in total. The maximum atomic E-state index is 13.7. The number of carbonyl (C=O) groups excluding carboxylic acids is 3. The molecule has 14 nitrogen and oxygen atoms in total. The molecule has 0 radical (unpaired) electrons. The number of carbonyl (C=O) groups is 3. The van der Waals surface area contributed by atoms with Crippen LogP contribution in [-0.2, 0) is 17.1 Å². The molecule has 320 valence electrons. The summed E-state index contributed by atoms with van der Waals surface area (Å²) in [6.07, 6.45) is -1.73. The quantitative estimate of drug-likeness (QED) is 0.162. The van der Waals surface area contributed by atoms with Crippen LogP contribution in [0.2, 0.25) is 0 Å². The van der Waals surface area contributed by atoms with Crippen molar-refractivity contribution in [3.05, 3.63) is 93.4 Å². The highest BCUT2D eigenvalue weighted by Crippen LogP contribution is 2.38. The Bertz CT molecular complexity index is 2590. The number of pyridine rings is 2. The summed E-state index contributed by atoms with van der Waals surface area (Å²) >= 11 is 6.26. The molecule has 23 heteroatoms. The molecular formula is C37H33Br2ClF6N8O6. The second-order valence-electron chi connectivity index (χ2n) is 14.8. The molecule has 3 amide bonds. The van der Waals surface area contributed by atoms with Crippen molar-refractivity contribution in [3.8, 4) is 22.3 Å². The van der Waals surface area contributed by atoms with Crippen LogP contribution in [0, 0.1) is 0 Å². The second kappa shape index (κ2) is 16.4. The maximum absolute atomic E-state index is 13.7. The highest BCUT2D eigenvalue weighted by atomic mass is 79.9. The molecule has 0 spiro atoms. The van der Waals surface area contributed by atoms with E-state index in [2.05, 4.69) is 47.1 Å². The number of amides is 3. The number of nitrogens with two attached hydrogens (primary N) is 1. The van der Waals surface area contributed by atoms with E-state index in [0.29, 0.717) is 39.1 Å². The van der Waals surface area contributed by atoms with Gasteiger partial charge in [0.05, 0.1) is 29.7 Å². The Morgan fingerprint density at radius 2 is 1.13 bits per heavy atom. The van der Waals surface area contributed by atoms with Gasteiger partial charge in [-0.1, -0.05) is 0 Å². The Labute approximate surface area is 358 Å². The number of halogens is 9. The van der Waals surface area contributed by atoms with Gasteiger partial charge in [-0.05, 0) is 76.9 Å². The number of likely N-dealkylation sites (tertiary alicyclic amines) is 2. The fourth-order valence-corrected chi connectivity index (χ4v) is 6.95. The van der Waals surface area contributed by atoms with Gasteiger partial charge >= 0.3 is 18.4 Å². The van der Waals surface area contributed by atoms with E-state index in [9.17, 15) is 40.7 Å². The first kappa shape index (κ1) is 44.5. The molecule has 2 saturated heterocycles. The molecule has 2 aliphatic heterocycles. The van der Waals surface area contributed by atoms with E-state index in [-0.39, 0.29) is 65.8 Å². The number of ether oxygens (including phenoxy) is 1. The van der Waals surface area contributed by atoms with Crippen LogP contribution in [0.25, 0.3) is 33.5 Å². The fourth-order valence-electron chi connectivity index (χ4n) is 6.27. The van der Waals surface area contributed by atoms with Gasteiger partial charge in [-0.25, -0.2) is 14.8 Å². The van der Waals surface area contributed by atoms with Crippen molar-refractivity contribution in [2.75, 3.05) is 26.2 Å². The summed E-state index contributed by atoms with van der Waals surface area (Å²) in [6, 6.07) is 4.66. The van der Waals surface area contributed by atoms with Gasteiger partial charge in [0.2, 0.25) is 0 Å². The van der Waals surface area contributed by atoms with E-state index < -0.39 is 47.0 Å². The number of rotatable bonds is 5. The zero-order valence-corrected chi connectivity index (χ0v) is 35.4. The summed E-state index contributed by atoms with van der Waals surface area (Å²) < 4.78 is 100. The van der Waals surface area contributed by atoms with Crippen molar-refractivity contribution in [3.63, 3.8) is 0 Å². The normalized spacial score (nSPS) is 14.9. The molecule has 0 bridgehead atoms. The van der Waals surface area contributed by atoms with Crippen molar-refractivity contribution in [2.24, 2.45) is 5.73 Å². The molecule has 0 saturated carbocycles. The maximum Gasteiger partial charge on any atom is 0.420 e. The van der Waals surface area contributed by atoms with Gasteiger partial charge in [0.1, 0.15) is 28.3 Å². The highest BCUT2D eigenvalue weighted by Gasteiger charge is 2.39. The predicted octanol–water partition coefficient (Wildman–Crippen LogP) is 8.31. The SMILES string of the molecule is CC(C)(C)OC(=O)NC1CN(C(=O)c2cn3cc(-c4coc(Br)c4)cc(C(F)(F)F)c3n2)C1.Cl.NC1CN(C(=O)c2cn3cc(-c4coc(Br)c4)cc(C(F)(F)F)c3n2)C1. The number of nitrogens with zero attached hydrogens (tertiary/aromatic N) is 6. The Balaban J connectivity index is 0.000000203. The largest absolute Gasteiger partial charge is 0.457 e. The number of alkyl halides is 6. The third-order valence-electron chi connectivity index (χ3n) is 9.04. The molecule has 6 aromatic rings. The first-order valence-corrected chi connectivity index (χ1v) is 19.1. The zero-order valence-electron chi connectivity index (χ0n) is 31.4. The van der Waals surface area contributed by atoms with Gasteiger partial charge in [0.15, 0.2) is 9.34 Å². The first-order valence-electron chi connectivity index (χ1n) is 17.5. The molecule has 0 aromatic carbocycles. The number of alkyl carbamates (subject to hydrolysis) is 1. The van der Waals surface area contributed by atoms with Crippen LogP contribution in [0.5, 0.6) is 0 Å². The van der Waals surface area contributed by atoms with Crippen molar-refractivity contribution in [1.82, 2.24) is 33.9 Å². The summed E-state index contributed by atoms with van der Waals surface area (Å²) in [6.45, 7) is 6.34. The third kappa shape index (κ3) is 9.60. The lowest BCUT2D eigenvalue weighted by Gasteiger charge is -2.39. The number of furan rings is 2. The lowest BCUT2D eigenvalue weighted by atomic mass is 10.1. The summed E-state index contributed by atoms with van der Waals surface area (Å²) in [4.78, 5) is 47.7. The van der Waals surface area contributed by atoms with Gasteiger partial charge in [-0.2, -0.15) is 26.3 Å². The Morgan fingerprint density at radius 1 is 0.717 bits per heavy atom. The topological polar surface area (TPSA) is 166 Å². The van der Waals surface area contributed by atoms with Gasteiger partial charge in [0.25, 0.3) is 11.8 Å². The van der Waals surface area contributed by atoms with Crippen LogP contribution in [0.15, 0.2) is 79.8 Å². The van der Waals surface area contributed by atoms with Gasteiger partial charge in [-0.15, -0.1) is 12.4 Å². The molecule has 0 aliphatic carbocycles. The number of hydrogen-bond donors (Lipinski definition) is 2. The molecule has 8 rings (SSSR count). The van der Waals surface area contributed by atoms with E-state index in [0.717, 1.165) is 12.1 Å². The summed E-state index contributed by atoms with van der Waals surface area (Å²) in [5.74, 6) is -0.960. The Morgan fingerprint density at radius 3 is 1.48 bits per heavy atom. The molecule has 60 heavy (non-hydrogen) atoms. The van der Waals surface area contributed by atoms with E-state index in [1.807, 2.05) is 0 Å². The molecule has 0 unspecified atom stereocenters. The third-order valence-corrected chi connectivity index (χ3v) is 9.87. The minimum Gasteiger partial charge on any atom is -0.457 e. The summed E-state index contributed by atoms with van der Waals surface area (Å²) in [5, 5.41) is 2.65. The van der Waals surface area contributed by atoms with Crippen LogP contribution in [0.3, 0.4) is 0 Å². The predicted molar refractivity (Wildman–Crippen MR) is 211 cm³/mol. The van der Waals surface area contributed by atoms with Crippen molar-refractivity contribution in [2.45, 2.75) is 50.8 Å². The number of hydrogen-bond acceptors (Lipinski definition) is 9. The van der Waals surface area contributed by atoms with Crippen molar-refractivity contribution < 1.29 is 54.3 Å². The number of imidazole rings is 2. The van der Waals surface area contributed by atoms with E-state index in [1.165, 1.54) is 55.9 Å². The summed E-state index contributed by atoms with van der Waals surface area (Å²) in [7, 11) is 0. The molecule has 0 atom stereocenters. The Hall–Kier alpha value is -5.06. The van der Waals surface area contributed by atoms with E-state index >= 15 is 0 Å². The van der Waals surface area contributed by atoms with Crippen LogP contribution >= 0.6 is 44.3 Å². The molecule has 6 aromatic heterocycles.